The van der Waals surface area contributed by atoms with E-state index in [1.807, 2.05) is 0 Å². The minimum atomic E-state index is -4.83. The molecule has 5 rings (SSSR count). The van der Waals surface area contributed by atoms with Crippen LogP contribution in [0, 0.1) is 6.92 Å². The summed E-state index contributed by atoms with van der Waals surface area (Å²) >= 11 is 0. The number of ether oxygens (including phenoxy) is 2. The van der Waals surface area contributed by atoms with Gasteiger partial charge in [0, 0.05) is 44.6 Å². The van der Waals surface area contributed by atoms with Gasteiger partial charge in [-0.1, -0.05) is 23.4 Å². The normalized spacial score (nSPS) is 14.1. The van der Waals surface area contributed by atoms with Crippen molar-refractivity contribution in [2.45, 2.75) is 32.6 Å². The Kier molecular flexibility index (Phi) is 10.2. The first-order valence-corrected chi connectivity index (χ1v) is 14.5. The minimum Gasteiger partial charge on any atom is -0.484 e. The first-order valence-electron chi connectivity index (χ1n) is 14.5. The van der Waals surface area contributed by atoms with E-state index in [1.165, 1.54) is 41.2 Å². The average molecular weight is 678 g/mol. The lowest BCUT2D eigenvalue weighted by molar-refractivity contribution is -0.274. The second-order valence-corrected chi connectivity index (χ2v) is 10.9. The number of piperazine rings is 1. The Labute approximate surface area is 270 Å². The van der Waals surface area contributed by atoms with Crippen molar-refractivity contribution in [3.8, 4) is 11.5 Å². The van der Waals surface area contributed by atoms with E-state index < -0.39 is 30.8 Å². The monoisotopic (exact) mass is 677 g/mol. The van der Waals surface area contributed by atoms with Crippen molar-refractivity contribution in [2.24, 2.45) is 0 Å². The number of halogens is 6. The zero-order valence-corrected chi connectivity index (χ0v) is 25.4. The lowest BCUT2D eigenvalue weighted by atomic mass is 10.2. The Balaban J connectivity index is 1.13. The van der Waals surface area contributed by atoms with Crippen LogP contribution >= 0.6 is 0 Å². The Morgan fingerprint density at radius 3 is 2.08 bits per heavy atom. The summed E-state index contributed by atoms with van der Waals surface area (Å²) in [7, 11) is 0. The van der Waals surface area contributed by atoms with Gasteiger partial charge in [0.15, 0.2) is 6.61 Å². The SMILES string of the molecule is Cc1nnn(Cc2ccc(C(=O)Nc3ccc(OC(F)(F)F)cc3)nc2)c1C(=O)N1CCN(Cc2ccc(OCC(F)(F)F)cc2)CC1. The highest BCUT2D eigenvalue weighted by atomic mass is 19.4. The van der Waals surface area contributed by atoms with Gasteiger partial charge in [0.05, 0.1) is 12.2 Å². The van der Waals surface area contributed by atoms with Gasteiger partial charge in [0.1, 0.15) is 22.9 Å². The van der Waals surface area contributed by atoms with Crippen LogP contribution in [-0.4, -0.2) is 86.9 Å². The molecule has 1 fully saturated rings. The molecule has 1 N–H and O–H groups in total. The van der Waals surface area contributed by atoms with Gasteiger partial charge in [-0.2, -0.15) is 13.2 Å². The number of anilines is 1. The van der Waals surface area contributed by atoms with E-state index in [9.17, 15) is 35.9 Å². The molecule has 2 aromatic heterocycles. The van der Waals surface area contributed by atoms with Crippen LogP contribution in [0.5, 0.6) is 11.5 Å². The standard InChI is InChI=1S/C31H29F6N7O4/c1-20-27(29(46)43-14-12-42(13-15-43)17-21-2-7-24(8-3-21)47-19-30(32,33)34)44(41-40-20)18-22-4-11-26(38-16-22)28(45)39-23-5-9-25(10-6-23)48-31(35,36)37/h2-11,16H,12-15,17-19H2,1H3,(H,39,45). The van der Waals surface area contributed by atoms with Crippen LogP contribution in [0.3, 0.4) is 0 Å². The molecule has 0 aliphatic carbocycles. The first-order chi connectivity index (χ1) is 22.7. The lowest BCUT2D eigenvalue weighted by Gasteiger charge is -2.34. The molecule has 0 spiro atoms. The van der Waals surface area contributed by atoms with E-state index in [4.69, 9.17) is 4.74 Å². The Bertz CT molecular complexity index is 1700. The molecule has 0 atom stereocenters. The fourth-order valence-electron chi connectivity index (χ4n) is 4.91. The van der Waals surface area contributed by atoms with Gasteiger partial charge in [0.2, 0.25) is 0 Å². The first kappa shape index (κ1) is 34.2. The second-order valence-electron chi connectivity index (χ2n) is 10.9. The molecule has 1 aliphatic rings. The second kappa shape index (κ2) is 14.3. The van der Waals surface area contributed by atoms with Crippen molar-refractivity contribution in [1.82, 2.24) is 29.8 Å². The summed E-state index contributed by atoms with van der Waals surface area (Å²) in [5.41, 5.74) is 2.61. The van der Waals surface area contributed by atoms with E-state index in [-0.39, 0.29) is 29.6 Å². The molecule has 4 aromatic rings. The molecule has 254 valence electrons. The van der Waals surface area contributed by atoms with E-state index in [1.54, 1.807) is 30.0 Å². The Morgan fingerprint density at radius 2 is 1.48 bits per heavy atom. The number of nitrogens with one attached hydrogen (secondary N) is 1. The van der Waals surface area contributed by atoms with Crippen LogP contribution in [0.25, 0.3) is 0 Å². The Hall–Kier alpha value is -5.19. The number of benzene rings is 2. The van der Waals surface area contributed by atoms with Crippen LogP contribution in [0.1, 0.15) is 37.8 Å². The maximum atomic E-state index is 13.5. The van der Waals surface area contributed by atoms with Crippen molar-refractivity contribution in [1.29, 1.82) is 0 Å². The highest BCUT2D eigenvalue weighted by Crippen LogP contribution is 2.24. The number of carbonyl (C=O) groups is 2. The molecular weight excluding hydrogens is 648 g/mol. The molecule has 17 heteroatoms. The number of pyridine rings is 1. The summed E-state index contributed by atoms with van der Waals surface area (Å²) in [5, 5.41) is 10.8. The predicted octanol–water partition coefficient (Wildman–Crippen LogP) is 5.08. The number of rotatable bonds is 10. The zero-order chi connectivity index (χ0) is 34.5. The van der Waals surface area contributed by atoms with Crippen LogP contribution in [-0.2, 0) is 13.1 Å². The molecule has 0 saturated carbocycles. The van der Waals surface area contributed by atoms with Crippen molar-refractivity contribution in [2.75, 3.05) is 38.1 Å². The number of hydrogen-bond acceptors (Lipinski definition) is 8. The number of alkyl halides is 6. The molecule has 0 bridgehead atoms. The molecule has 2 aromatic carbocycles. The third kappa shape index (κ3) is 9.43. The van der Waals surface area contributed by atoms with Crippen molar-refractivity contribution in [3.05, 3.63) is 95.1 Å². The number of aromatic nitrogens is 4. The fourth-order valence-corrected chi connectivity index (χ4v) is 4.91. The minimum absolute atomic E-state index is 0.0593. The maximum Gasteiger partial charge on any atom is 0.573 e. The largest absolute Gasteiger partial charge is 0.573 e. The van der Waals surface area contributed by atoms with Gasteiger partial charge in [-0.25, -0.2) is 4.68 Å². The number of carbonyl (C=O) groups excluding carboxylic acids is 2. The van der Waals surface area contributed by atoms with Gasteiger partial charge in [0.25, 0.3) is 11.8 Å². The van der Waals surface area contributed by atoms with Gasteiger partial charge in [-0.15, -0.1) is 18.3 Å². The van der Waals surface area contributed by atoms with Crippen molar-refractivity contribution >= 4 is 17.5 Å². The summed E-state index contributed by atoms with van der Waals surface area (Å²) in [4.78, 5) is 34.1. The molecule has 1 saturated heterocycles. The average Bonchev–Trinajstić information content (AvgIpc) is 3.40. The van der Waals surface area contributed by atoms with E-state index >= 15 is 0 Å². The van der Waals surface area contributed by atoms with Gasteiger partial charge in [-0.05, 0) is 60.5 Å². The number of aryl methyl sites for hydroxylation is 1. The maximum absolute atomic E-state index is 13.5. The predicted molar refractivity (Wildman–Crippen MR) is 158 cm³/mol. The Morgan fingerprint density at radius 1 is 0.833 bits per heavy atom. The topological polar surface area (TPSA) is 115 Å². The summed E-state index contributed by atoms with van der Waals surface area (Å²) in [5.74, 6) is -1.10. The molecule has 0 radical (unpaired) electrons. The molecule has 11 nitrogen and oxygen atoms in total. The fraction of sp³-hybridized carbons (Fsp3) is 0.323. The molecule has 48 heavy (non-hydrogen) atoms. The third-order valence-corrected chi connectivity index (χ3v) is 7.23. The van der Waals surface area contributed by atoms with Crippen LogP contribution in [0.4, 0.5) is 32.0 Å². The molecule has 3 heterocycles. The molecular formula is C31H29F6N7O4. The van der Waals surface area contributed by atoms with E-state index in [0.29, 0.717) is 49.7 Å². The number of hydrogen-bond donors (Lipinski definition) is 1. The smallest absolute Gasteiger partial charge is 0.484 e. The van der Waals surface area contributed by atoms with E-state index in [0.717, 1.165) is 17.7 Å². The lowest BCUT2D eigenvalue weighted by Crippen LogP contribution is -2.48. The summed E-state index contributed by atoms with van der Waals surface area (Å²) in [6, 6.07) is 14.2. The summed E-state index contributed by atoms with van der Waals surface area (Å²) in [6.45, 7) is 3.09. The summed E-state index contributed by atoms with van der Waals surface area (Å²) in [6.07, 6.45) is -7.78. The van der Waals surface area contributed by atoms with Gasteiger partial charge >= 0.3 is 12.5 Å². The van der Waals surface area contributed by atoms with Crippen molar-refractivity contribution < 1.29 is 45.4 Å². The summed E-state index contributed by atoms with van der Waals surface area (Å²) < 4.78 is 84.2. The molecule has 0 unspecified atom stereocenters. The zero-order valence-electron chi connectivity index (χ0n) is 25.4. The van der Waals surface area contributed by atoms with Crippen LogP contribution in [0.2, 0.25) is 0 Å². The van der Waals surface area contributed by atoms with Crippen LogP contribution in [0.15, 0.2) is 66.9 Å². The highest BCUT2D eigenvalue weighted by molar-refractivity contribution is 6.02. The van der Waals surface area contributed by atoms with Gasteiger partial charge < -0.3 is 19.7 Å². The van der Waals surface area contributed by atoms with Crippen molar-refractivity contribution in [3.63, 3.8) is 0 Å². The molecule has 1 aliphatic heterocycles. The third-order valence-electron chi connectivity index (χ3n) is 7.23. The number of nitrogens with zero attached hydrogens (tertiary/aromatic N) is 6. The quantitative estimate of drug-likeness (QED) is 0.231. The number of amides is 2. The van der Waals surface area contributed by atoms with E-state index in [2.05, 4.69) is 30.2 Å². The molecule has 2 amide bonds. The highest BCUT2D eigenvalue weighted by Gasteiger charge is 2.31. The van der Waals surface area contributed by atoms with Gasteiger partial charge in [-0.3, -0.25) is 19.5 Å². The van der Waals surface area contributed by atoms with Crippen LogP contribution < -0.4 is 14.8 Å².